The van der Waals surface area contributed by atoms with Crippen LogP contribution in [0.5, 0.6) is 0 Å². The number of hydrogen-bond acceptors (Lipinski definition) is 2. The third-order valence-corrected chi connectivity index (χ3v) is 3.34. The van der Waals surface area contributed by atoms with Gasteiger partial charge in [-0.1, -0.05) is 0 Å². The topological polar surface area (TPSA) is 30.9 Å². The van der Waals surface area contributed by atoms with Crippen LogP contribution < -0.4 is 5.32 Å². The summed E-state index contributed by atoms with van der Waals surface area (Å²) in [5.74, 6) is 1.10. The van der Waals surface area contributed by atoms with Crippen LogP contribution >= 0.6 is 24.0 Å². The standard InChI is InChI=1S/C13H28N4.HI/c1-5-14-13(17-9-6-7-10-17)15-8-11-16(4)12(2)3;/h12H,5-11H2,1-4H3,(H,14,15);1H. The molecule has 0 aliphatic carbocycles. The lowest BCUT2D eigenvalue weighted by Crippen LogP contribution is -2.40. The molecule has 1 N–H and O–H groups in total. The number of nitrogens with zero attached hydrogens (tertiary/aromatic N) is 3. The Balaban J connectivity index is 0.00000289. The van der Waals surface area contributed by atoms with Crippen LogP contribution in [0.15, 0.2) is 4.99 Å². The number of likely N-dealkylation sites (tertiary alicyclic amines) is 1. The van der Waals surface area contributed by atoms with E-state index in [9.17, 15) is 0 Å². The van der Waals surface area contributed by atoms with Crippen molar-refractivity contribution >= 4 is 29.9 Å². The summed E-state index contributed by atoms with van der Waals surface area (Å²) in [4.78, 5) is 9.41. The summed E-state index contributed by atoms with van der Waals surface area (Å²) in [6.45, 7) is 11.7. The van der Waals surface area contributed by atoms with Gasteiger partial charge in [0.2, 0.25) is 0 Å². The second kappa shape index (κ2) is 9.83. The molecule has 0 bridgehead atoms. The van der Waals surface area contributed by atoms with Gasteiger partial charge in [0, 0.05) is 32.2 Å². The number of halogens is 1. The fourth-order valence-corrected chi connectivity index (χ4v) is 1.93. The summed E-state index contributed by atoms with van der Waals surface area (Å²) >= 11 is 0. The molecule has 0 unspecified atom stereocenters. The molecule has 18 heavy (non-hydrogen) atoms. The molecule has 5 heteroatoms. The van der Waals surface area contributed by atoms with E-state index in [1.54, 1.807) is 0 Å². The van der Waals surface area contributed by atoms with Crippen molar-refractivity contribution in [2.24, 2.45) is 4.99 Å². The summed E-state index contributed by atoms with van der Waals surface area (Å²) in [7, 11) is 2.16. The maximum absolute atomic E-state index is 4.71. The lowest BCUT2D eigenvalue weighted by atomic mass is 10.3. The van der Waals surface area contributed by atoms with Crippen molar-refractivity contribution in [1.82, 2.24) is 15.1 Å². The molecule has 1 heterocycles. The average Bonchev–Trinajstić information content (AvgIpc) is 2.80. The van der Waals surface area contributed by atoms with Crippen LogP contribution in [0.2, 0.25) is 0 Å². The molecule has 0 aromatic carbocycles. The Kier molecular flexibility index (Phi) is 9.81. The average molecular weight is 368 g/mol. The lowest BCUT2D eigenvalue weighted by Gasteiger charge is -2.22. The molecule has 1 aliphatic heterocycles. The van der Waals surface area contributed by atoms with E-state index in [2.05, 4.69) is 42.9 Å². The van der Waals surface area contributed by atoms with Crippen molar-refractivity contribution < 1.29 is 0 Å². The van der Waals surface area contributed by atoms with Gasteiger partial charge in [-0.05, 0) is 40.7 Å². The Morgan fingerprint density at radius 3 is 2.44 bits per heavy atom. The second-order valence-electron chi connectivity index (χ2n) is 5.00. The highest BCUT2D eigenvalue weighted by Crippen LogP contribution is 2.07. The van der Waals surface area contributed by atoms with Gasteiger partial charge in [-0.25, -0.2) is 0 Å². The molecule has 0 saturated carbocycles. The van der Waals surface area contributed by atoms with Gasteiger partial charge in [0.05, 0.1) is 6.54 Å². The van der Waals surface area contributed by atoms with Gasteiger partial charge in [0.15, 0.2) is 5.96 Å². The summed E-state index contributed by atoms with van der Waals surface area (Å²) in [6, 6.07) is 0.597. The van der Waals surface area contributed by atoms with Crippen molar-refractivity contribution in [1.29, 1.82) is 0 Å². The zero-order valence-corrected chi connectivity index (χ0v) is 14.6. The van der Waals surface area contributed by atoms with E-state index in [4.69, 9.17) is 4.99 Å². The van der Waals surface area contributed by atoms with Crippen molar-refractivity contribution in [3.05, 3.63) is 0 Å². The Hall–Kier alpha value is -0.0400. The van der Waals surface area contributed by atoms with E-state index in [0.29, 0.717) is 6.04 Å². The number of rotatable bonds is 5. The van der Waals surface area contributed by atoms with Crippen LogP contribution in [0.1, 0.15) is 33.6 Å². The van der Waals surface area contributed by atoms with Gasteiger partial charge < -0.3 is 15.1 Å². The van der Waals surface area contributed by atoms with E-state index in [1.807, 2.05) is 0 Å². The fraction of sp³-hybridized carbons (Fsp3) is 0.923. The number of aliphatic imine (C=N–C) groups is 1. The van der Waals surface area contributed by atoms with E-state index < -0.39 is 0 Å². The first-order valence-corrected chi connectivity index (χ1v) is 6.88. The largest absolute Gasteiger partial charge is 0.357 e. The van der Waals surface area contributed by atoms with Crippen LogP contribution in [-0.4, -0.2) is 61.6 Å². The summed E-state index contributed by atoms with van der Waals surface area (Å²) in [6.07, 6.45) is 2.60. The van der Waals surface area contributed by atoms with Gasteiger partial charge in [-0.15, -0.1) is 24.0 Å². The van der Waals surface area contributed by atoms with Crippen LogP contribution in [0.25, 0.3) is 0 Å². The highest BCUT2D eigenvalue weighted by Gasteiger charge is 2.15. The highest BCUT2D eigenvalue weighted by atomic mass is 127. The van der Waals surface area contributed by atoms with Gasteiger partial charge in [-0.3, -0.25) is 4.99 Å². The molecule has 1 aliphatic rings. The molecule has 0 amide bonds. The number of hydrogen-bond donors (Lipinski definition) is 1. The predicted molar refractivity (Wildman–Crippen MR) is 90.0 cm³/mol. The molecule has 1 rings (SSSR count). The molecular weight excluding hydrogens is 339 g/mol. The SMILES string of the molecule is CCNC(=NCCN(C)C(C)C)N1CCCC1.I. The Labute approximate surface area is 129 Å². The predicted octanol–water partition coefficient (Wildman–Crippen LogP) is 2.01. The molecular formula is C13H29IN4. The van der Waals surface area contributed by atoms with Gasteiger partial charge in [0.1, 0.15) is 0 Å². The minimum absolute atomic E-state index is 0. The van der Waals surface area contributed by atoms with Crippen molar-refractivity contribution in [2.75, 3.05) is 39.8 Å². The van der Waals surface area contributed by atoms with Crippen LogP contribution in [-0.2, 0) is 0 Å². The third-order valence-electron chi connectivity index (χ3n) is 3.34. The van der Waals surface area contributed by atoms with E-state index in [0.717, 1.165) is 38.7 Å². The summed E-state index contributed by atoms with van der Waals surface area (Å²) < 4.78 is 0. The monoisotopic (exact) mass is 368 g/mol. The highest BCUT2D eigenvalue weighted by molar-refractivity contribution is 14.0. The minimum atomic E-state index is 0. The lowest BCUT2D eigenvalue weighted by molar-refractivity contribution is 0.281. The quantitative estimate of drug-likeness (QED) is 0.458. The van der Waals surface area contributed by atoms with Crippen LogP contribution in [0.4, 0.5) is 0 Å². The summed E-state index contributed by atoms with van der Waals surface area (Å²) in [5, 5.41) is 3.38. The van der Waals surface area contributed by atoms with Gasteiger partial charge in [0.25, 0.3) is 0 Å². The fourth-order valence-electron chi connectivity index (χ4n) is 1.93. The Morgan fingerprint density at radius 1 is 1.33 bits per heavy atom. The van der Waals surface area contributed by atoms with Gasteiger partial charge >= 0.3 is 0 Å². The van der Waals surface area contributed by atoms with E-state index in [1.165, 1.54) is 12.8 Å². The zero-order chi connectivity index (χ0) is 12.7. The maximum Gasteiger partial charge on any atom is 0.193 e. The molecule has 108 valence electrons. The van der Waals surface area contributed by atoms with E-state index >= 15 is 0 Å². The molecule has 0 atom stereocenters. The number of guanidine groups is 1. The van der Waals surface area contributed by atoms with Gasteiger partial charge in [-0.2, -0.15) is 0 Å². The Morgan fingerprint density at radius 2 is 1.94 bits per heavy atom. The maximum atomic E-state index is 4.71. The first-order chi connectivity index (χ1) is 8.15. The first-order valence-electron chi connectivity index (χ1n) is 6.88. The molecule has 1 saturated heterocycles. The van der Waals surface area contributed by atoms with Crippen molar-refractivity contribution in [2.45, 2.75) is 39.7 Å². The first kappa shape index (κ1) is 18.0. The smallest absolute Gasteiger partial charge is 0.193 e. The molecule has 0 radical (unpaired) electrons. The molecule has 0 aromatic heterocycles. The van der Waals surface area contributed by atoms with E-state index in [-0.39, 0.29) is 24.0 Å². The normalized spacial score (nSPS) is 16.3. The third kappa shape index (κ3) is 6.22. The molecule has 4 nitrogen and oxygen atoms in total. The number of likely N-dealkylation sites (N-methyl/N-ethyl adjacent to an activating group) is 1. The molecule has 0 spiro atoms. The summed E-state index contributed by atoms with van der Waals surface area (Å²) in [5.41, 5.74) is 0. The second-order valence-corrected chi connectivity index (χ2v) is 5.00. The molecule has 1 fully saturated rings. The molecule has 0 aromatic rings. The zero-order valence-electron chi connectivity index (χ0n) is 12.3. The van der Waals surface area contributed by atoms with Crippen molar-refractivity contribution in [3.8, 4) is 0 Å². The van der Waals surface area contributed by atoms with Crippen molar-refractivity contribution in [3.63, 3.8) is 0 Å². The van der Waals surface area contributed by atoms with Crippen LogP contribution in [0.3, 0.4) is 0 Å². The Bertz CT molecular complexity index is 237. The van der Waals surface area contributed by atoms with Crippen LogP contribution in [0, 0.1) is 0 Å². The number of nitrogens with one attached hydrogen (secondary N) is 1. The minimum Gasteiger partial charge on any atom is -0.357 e.